The molecule has 13 heteroatoms. The molecule has 3 aromatic rings. The summed E-state index contributed by atoms with van der Waals surface area (Å²) in [7, 11) is 0. The molecule has 1 aromatic heterocycles. The average Bonchev–Trinajstić information content (AvgIpc) is 3.01. The molecule has 3 amide bonds. The van der Waals surface area contributed by atoms with Gasteiger partial charge in [0.2, 0.25) is 11.8 Å². The Morgan fingerprint density at radius 3 is 2.37 bits per heavy atom. The number of carbonyl (C=O) groups is 2. The zero-order valence-electron chi connectivity index (χ0n) is 26.9. The number of nitrogens with one attached hydrogen (secondary N) is 4. The molecule has 0 spiro atoms. The predicted octanol–water partition coefficient (Wildman–Crippen LogP) is 5.88. The number of primary amides is 1. The number of benzene rings is 2. The van der Waals surface area contributed by atoms with Crippen LogP contribution in [0, 0.1) is 28.9 Å². The van der Waals surface area contributed by atoms with Crippen LogP contribution in [-0.4, -0.2) is 45.7 Å². The molecular weight excluding hydrogens is 588 g/mol. The molecular formula is C33H44N8O5. The maximum atomic E-state index is 12.1. The fraction of sp³-hybridized carbons (Fsp3) is 0.455. The standard InChI is InChI=1S/C33H44N8O5/c1-21-26(9-6-10-27(21)25-8-5-7-24(15-25)18-39-32(43)46-33(2,3)4)19-37-31-38-20-28(41(44)45)29(40-31)35-16-22-11-13-23(14-12-22)17-36-30(34)42/h5-10,15,20,22-23H,11-14,16-19H2,1-4H3,(H,39,43)(H3,34,36,42)(H2,35,37,38,40). The second-order valence-corrected chi connectivity index (χ2v) is 12.7. The summed E-state index contributed by atoms with van der Waals surface area (Å²) < 4.78 is 5.34. The third kappa shape index (κ3) is 10.0. The lowest BCUT2D eigenvalue weighted by molar-refractivity contribution is -0.384. The number of ether oxygens (including phenoxy) is 1. The summed E-state index contributed by atoms with van der Waals surface area (Å²) in [4.78, 5) is 43.0. The number of nitrogens with two attached hydrogens (primary N) is 1. The van der Waals surface area contributed by atoms with Gasteiger partial charge < -0.3 is 31.7 Å². The predicted molar refractivity (Wildman–Crippen MR) is 177 cm³/mol. The molecule has 46 heavy (non-hydrogen) atoms. The zero-order chi connectivity index (χ0) is 33.3. The lowest BCUT2D eigenvalue weighted by Gasteiger charge is -2.28. The number of rotatable bonds is 12. The summed E-state index contributed by atoms with van der Waals surface area (Å²) in [5.74, 6) is 1.20. The summed E-state index contributed by atoms with van der Waals surface area (Å²) in [6.07, 6.45) is 4.56. The Bertz CT molecular complexity index is 1530. The Labute approximate surface area is 269 Å². The summed E-state index contributed by atoms with van der Waals surface area (Å²) in [5, 5.41) is 23.6. The van der Waals surface area contributed by atoms with Crippen LogP contribution in [0.15, 0.2) is 48.7 Å². The van der Waals surface area contributed by atoms with Gasteiger partial charge in [-0.05, 0) is 99.1 Å². The van der Waals surface area contributed by atoms with E-state index in [2.05, 4.69) is 31.2 Å². The highest BCUT2D eigenvalue weighted by molar-refractivity contribution is 5.71. The molecule has 0 aliphatic heterocycles. The molecule has 0 saturated heterocycles. The van der Waals surface area contributed by atoms with E-state index in [9.17, 15) is 19.7 Å². The van der Waals surface area contributed by atoms with Crippen LogP contribution in [0.2, 0.25) is 0 Å². The van der Waals surface area contributed by atoms with Crippen molar-refractivity contribution in [1.82, 2.24) is 20.6 Å². The van der Waals surface area contributed by atoms with E-state index in [0.717, 1.165) is 53.5 Å². The van der Waals surface area contributed by atoms with Crippen LogP contribution < -0.4 is 27.0 Å². The van der Waals surface area contributed by atoms with Gasteiger partial charge in [-0.25, -0.2) is 14.6 Å². The van der Waals surface area contributed by atoms with Crippen molar-refractivity contribution in [3.05, 3.63) is 75.5 Å². The molecule has 0 bridgehead atoms. The average molecular weight is 633 g/mol. The maximum Gasteiger partial charge on any atom is 0.407 e. The molecule has 1 fully saturated rings. The van der Waals surface area contributed by atoms with Gasteiger partial charge in [0, 0.05) is 26.2 Å². The van der Waals surface area contributed by atoms with Crippen molar-refractivity contribution in [1.29, 1.82) is 0 Å². The fourth-order valence-corrected chi connectivity index (χ4v) is 5.55. The smallest absolute Gasteiger partial charge is 0.407 e. The molecule has 246 valence electrons. The van der Waals surface area contributed by atoms with Gasteiger partial charge >= 0.3 is 17.8 Å². The number of aromatic nitrogens is 2. The number of hydrogen-bond donors (Lipinski definition) is 5. The number of nitrogens with zero attached hydrogens (tertiary/aromatic N) is 3. The first-order chi connectivity index (χ1) is 21.9. The van der Waals surface area contributed by atoms with E-state index in [-0.39, 0.29) is 17.5 Å². The van der Waals surface area contributed by atoms with Crippen LogP contribution in [0.1, 0.15) is 63.1 Å². The van der Waals surface area contributed by atoms with Gasteiger partial charge in [0.15, 0.2) is 0 Å². The lowest BCUT2D eigenvalue weighted by atomic mass is 9.82. The lowest BCUT2D eigenvalue weighted by Crippen LogP contribution is -2.35. The number of hydrogen-bond acceptors (Lipinski definition) is 9. The Balaban J connectivity index is 1.38. The third-order valence-corrected chi connectivity index (χ3v) is 8.01. The topological polar surface area (TPSA) is 186 Å². The van der Waals surface area contributed by atoms with E-state index in [1.807, 2.05) is 70.2 Å². The van der Waals surface area contributed by atoms with Gasteiger partial charge in [-0.2, -0.15) is 4.98 Å². The number of alkyl carbamates (subject to hydrolysis) is 1. The Kier molecular flexibility index (Phi) is 11.3. The van der Waals surface area contributed by atoms with Crippen LogP contribution in [0.4, 0.5) is 27.0 Å². The van der Waals surface area contributed by atoms with E-state index in [0.29, 0.717) is 38.0 Å². The largest absolute Gasteiger partial charge is 0.444 e. The van der Waals surface area contributed by atoms with Crippen LogP contribution in [0.25, 0.3) is 11.1 Å². The van der Waals surface area contributed by atoms with Gasteiger partial charge in [0.25, 0.3) is 0 Å². The number of anilines is 2. The molecule has 1 heterocycles. The first kappa shape index (κ1) is 33.9. The van der Waals surface area contributed by atoms with Crippen molar-refractivity contribution >= 4 is 29.6 Å². The van der Waals surface area contributed by atoms with E-state index < -0.39 is 22.6 Å². The Morgan fingerprint density at radius 1 is 1.00 bits per heavy atom. The van der Waals surface area contributed by atoms with Gasteiger partial charge in [0.1, 0.15) is 11.8 Å². The molecule has 1 aliphatic carbocycles. The minimum absolute atomic E-state index is 0.177. The van der Waals surface area contributed by atoms with E-state index in [4.69, 9.17) is 10.5 Å². The first-order valence-electron chi connectivity index (χ1n) is 15.5. The Hall–Kier alpha value is -4.94. The maximum absolute atomic E-state index is 12.1. The Morgan fingerprint density at radius 2 is 1.70 bits per heavy atom. The molecule has 13 nitrogen and oxygen atoms in total. The molecule has 0 radical (unpaired) electrons. The van der Waals surface area contributed by atoms with Crippen LogP contribution in [0.3, 0.4) is 0 Å². The normalized spacial score (nSPS) is 16.3. The summed E-state index contributed by atoms with van der Waals surface area (Å²) in [6, 6.07) is 13.5. The highest BCUT2D eigenvalue weighted by Crippen LogP contribution is 2.31. The number of nitro groups is 1. The first-order valence-corrected chi connectivity index (χ1v) is 15.5. The van der Waals surface area contributed by atoms with Gasteiger partial charge in [-0.1, -0.05) is 36.4 Å². The summed E-state index contributed by atoms with van der Waals surface area (Å²) in [5.41, 5.74) is 9.53. The SMILES string of the molecule is Cc1c(CNc2ncc([N+](=O)[O-])c(NCC3CCC(CNC(N)=O)CC3)n2)cccc1-c1cccc(CNC(=O)OC(C)(C)C)c1. The highest BCUT2D eigenvalue weighted by atomic mass is 16.6. The van der Waals surface area contributed by atoms with Crippen LogP contribution in [-0.2, 0) is 17.8 Å². The van der Waals surface area contributed by atoms with Gasteiger partial charge in [-0.3, -0.25) is 10.1 Å². The molecule has 0 atom stereocenters. The summed E-state index contributed by atoms with van der Waals surface area (Å²) in [6.45, 7) is 9.40. The monoisotopic (exact) mass is 632 g/mol. The van der Waals surface area contributed by atoms with Crippen molar-refractivity contribution in [3.63, 3.8) is 0 Å². The molecule has 1 aliphatic rings. The fourth-order valence-electron chi connectivity index (χ4n) is 5.55. The highest BCUT2D eigenvalue weighted by Gasteiger charge is 2.24. The number of amides is 3. The van der Waals surface area contributed by atoms with Crippen LogP contribution >= 0.6 is 0 Å². The molecule has 4 rings (SSSR count). The van der Waals surface area contributed by atoms with Crippen molar-refractivity contribution in [2.24, 2.45) is 17.6 Å². The van der Waals surface area contributed by atoms with Crippen molar-refractivity contribution in [2.45, 2.75) is 72.1 Å². The van der Waals surface area contributed by atoms with Crippen molar-refractivity contribution in [3.8, 4) is 11.1 Å². The van der Waals surface area contributed by atoms with Crippen LogP contribution in [0.5, 0.6) is 0 Å². The van der Waals surface area contributed by atoms with E-state index in [1.54, 1.807) is 0 Å². The number of urea groups is 1. The zero-order valence-corrected chi connectivity index (χ0v) is 26.9. The minimum Gasteiger partial charge on any atom is -0.444 e. The third-order valence-electron chi connectivity index (χ3n) is 8.01. The van der Waals surface area contributed by atoms with Crippen molar-refractivity contribution < 1.29 is 19.2 Å². The molecule has 0 unspecified atom stereocenters. The second-order valence-electron chi connectivity index (χ2n) is 12.7. The molecule has 2 aromatic carbocycles. The van der Waals surface area contributed by atoms with E-state index >= 15 is 0 Å². The molecule has 1 saturated carbocycles. The van der Waals surface area contributed by atoms with Gasteiger partial charge in [-0.15, -0.1) is 0 Å². The van der Waals surface area contributed by atoms with Gasteiger partial charge in [0.05, 0.1) is 4.92 Å². The number of carbonyl (C=O) groups excluding carboxylic acids is 2. The quantitative estimate of drug-likeness (QED) is 0.120. The molecule has 6 N–H and O–H groups in total. The summed E-state index contributed by atoms with van der Waals surface area (Å²) >= 11 is 0. The minimum atomic E-state index is -0.567. The van der Waals surface area contributed by atoms with E-state index in [1.165, 1.54) is 6.20 Å². The second kappa shape index (κ2) is 15.4. The van der Waals surface area contributed by atoms with Crippen molar-refractivity contribution in [2.75, 3.05) is 23.7 Å².